The van der Waals surface area contributed by atoms with Crippen LogP contribution in [0.25, 0.3) is 22.2 Å². The number of nitrogens with zero attached hydrogens (tertiary/aromatic N) is 4. The van der Waals surface area contributed by atoms with E-state index in [0.717, 1.165) is 23.9 Å². The number of nitrogen functional groups attached to an aromatic ring is 1. The minimum atomic E-state index is -0.249. The second kappa shape index (κ2) is 10.9. The quantitative estimate of drug-likeness (QED) is 0.223. The van der Waals surface area contributed by atoms with E-state index in [9.17, 15) is 4.79 Å². The number of fused-ring (bicyclic) bond motifs is 2. The van der Waals surface area contributed by atoms with Crippen molar-refractivity contribution >= 4 is 40.1 Å². The summed E-state index contributed by atoms with van der Waals surface area (Å²) in [7, 11) is 0. The Bertz CT molecular complexity index is 1380. The maximum absolute atomic E-state index is 13.2. The Kier molecular flexibility index (Phi) is 7.67. The van der Waals surface area contributed by atoms with Crippen LogP contribution in [0.2, 0.25) is 0 Å². The van der Waals surface area contributed by atoms with Crippen molar-refractivity contribution in [3.05, 3.63) is 65.2 Å². The zero-order valence-electron chi connectivity index (χ0n) is 21.7. The molecule has 0 aliphatic heterocycles. The molecule has 0 saturated heterocycles. The molecule has 0 fully saturated rings. The average molecular weight is 485 g/mol. The fourth-order valence-corrected chi connectivity index (χ4v) is 4.20. The molecule has 2 aromatic carbocycles. The van der Waals surface area contributed by atoms with E-state index in [0.29, 0.717) is 28.8 Å². The van der Waals surface area contributed by atoms with Gasteiger partial charge in [0.05, 0.1) is 17.2 Å². The van der Waals surface area contributed by atoms with E-state index in [4.69, 9.17) is 15.7 Å². The molecule has 2 heterocycles. The first kappa shape index (κ1) is 25.4. The van der Waals surface area contributed by atoms with Crippen LogP contribution in [0, 0.1) is 0 Å². The van der Waals surface area contributed by atoms with Gasteiger partial charge in [0.1, 0.15) is 16.9 Å². The number of hydrogen-bond donors (Lipinski definition) is 2. The van der Waals surface area contributed by atoms with Crippen LogP contribution < -0.4 is 11.1 Å². The molecule has 0 bridgehead atoms. The highest BCUT2D eigenvalue weighted by Gasteiger charge is 2.24. The molecular formula is C29H36N6O. The minimum Gasteiger partial charge on any atom is -0.383 e. The average Bonchev–Trinajstić information content (AvgIpc) is 3.13. The van der Waals surface area contributed by atoms with Crippen molar-refractivity contribution in [3.63, 3.8) is 0 Å². The summed E-state index contributed by atoms with van der Waals surface area (Å²) in [6.45, 7) is 9.34. The van der Waals surface area contributed by atoms with Crippen LogP contribution in [-0.4, -0.2) is 33.3 Å². The molecule has 0 aliphatic rings. The second-order valence-corrected chi connectivity index (χ2v) is 10.2. The van der Waals surface area contributed by atoms with E-state index in [-0.39, 0.29) is 17.1 Å². The van der Waals surface area contributed by atoms with Crippen LogP contribution in [0.3, 0.4) is 0 Å². The highest BCUT2D eigenvalue weighted by Crippen LogP contribution is 2.28. The van der Waals surface area contributed by atoms with E-state index < -0.39 is 0 Å². The third-order valence-electron chi connectivity index (χ3n) is 6.37. The summed E-state index contributed by atoms with van der Waals surface area (Å²) in [5.74, 6) is -0.0209. The number of benzene rings is 2. The van der Waals surface area contributed by atoms with E-state index >= 15 is 0 Å². The number of carbonyl (C=O) groups is 1. The lowest BCUT2D eigenvalue weighted by molar-refractivity contribution is 0.0955. The van der Waals surface area contributed by atoms with Gasteiger partial charge in [-0.15, -0.1) is 0 Å². The highest BCUT2D eigenvalue weighted by molar-refractivity contribution is 6.10. The molecule has 0 unspecified atom stereocenters. The number of aromatic nitrogens is 3. The monoisotopic (exact) mass is 484 g/mol. The normalized spacial score (nSPS) is 12.1. The molecule has 1 amide bonds. The van der Waals surface area contributed by atoms with Crippen molar-refractivity contribution in [2.75, 3.05) is 12.3 Å². The molecule has 2 aromatic heterocycles. The summed E-state index contributed by atoms with van der Waals surface area (Å²) >= 11 is 0. The van der Waals surface area contributed by atoms with Gasteiger partial charge in [0, 0.05) is 6.54 Å². The maximum Gasteiger partial charge on any atom is 0.257 e. The van der Waals surface area contributed by atoms with Crippen molar-refractivity contribution in [3.8, 4) is 0 Å². The first-order valence-corrected chi connectivity index (χ1v) is 12.8. The van der Waals surface area contributed by atoms with Gasteiger partial charge < -0.3 is 11.1 Å². The lowest BCUT2D eigenvalue weighted by atomic mass is 9.87. The maximum atomic E-state index is 13.2. The number of amides is 1. The van der Waals surface area contributed by atoms with Crippen LogP contribution >= 0.6 is 0 Å². The van der Waals surface area contributed by atoms with Crippen LogP contribution in [-0.2, 0) is 5.41 Å². The molecule has 3 N–H and O–H groups in total. The molecule has 36 heavy (non-hydrogen) atoms. The number of nitrogens with two attached hydrogens (primary N) is 1. The highest BCUT2D eigenvalue weighted by atomic mass is 16.1. The first-order chi connectivity index (χ1) is 17.3. The van der Waals surface area contributed by atoms with Gasteiger partial charge >= 0.3 is 0 Å². The van der Waals surface area contributed by atoms with E-state index in [1.54, 1.807) is 6.21 Å². The summed E-state index contributed by atoms with van der Waals surface area (Å²) in [6, 6.07) is 15.8. The van der Waals surface area contributed by atoms with Crippen molar-refractivity contribution in [2.45, 2.75) is 65.2 Å². The first-order valence-electron chi connectivity index (χ1n) is 12.8. The number of nitrogens with one attached hydrogen (secondary N) is 1. The van der Waals surface area contributed by atoms with E-state index in [1.165, 1.54) is 29.5 Å². The molecule has 7 heteroatoms. The van der Waals surface area contributed by atoms with Gasteiger partial charge in [0.25, 0.3) is 5.91 Å². The lowest BCUT2D eigenvalue weighted by Crippen LogP contribution is -2.25. The van der Waals surface area contributed by atoms with Gasteiger partial charge in [0.15, 0.2) is 5.65 Å². The Morgan fingerprint density at radius 3 is 2.33 bits per heavy atom. The number of hydrogen-bond acceptors (Lipinski definition) is 5. The standard InChI is InChI=1S/C29H36N6O/c1-5-6-7-8-11-18-31-28(36)24-25-27(34-23-13-10-9-12-22(23)33-25)35(26(24)30)32-19-20-14-16-21(17-15-20)29(2,3)4/h9-10,12-17,19H,5-8,11,18,30H2,1-4H3,(H,31,36)/b32-19+. The SMILES string of the molecule is CCCCCCCNC(=O)c1c(N)n(/N=C/c2ccc(C(C)(C)C)cc2)c2nc3ccccc3nc12. The molecule has 7 nitrogen and oxygen atoms in total. The van der Waals surface area contributed by atoms with Crippen LogP contribution in [0.4, 0.5) is 5.82 Å². The Labute approximate surface area is 212 Å². The lowest BCUT2D eigenvalue weighted by Gasteiger charge is -2.18. The van der Waals surface area contributed by atoms with Gasteiger partial charge in [-0.2, -0.15) is 9.78 Å². The number of carbonyl (C=O) groups excluding carboxylic acids is 1. The predicted octanol–water partition coefficient (Wildman–Crippen LogP) is 6.05. The smallest absolute Gasteiger partial charge is 0.257 e. The summed E-state index contributed by atoms with van der Waals surface area (Å²) in [5.41, 5.74) is 11.4. The third kappa shape index (κ3) is 5.56. The van der Waals surface area contributed by atoms with Gasteiger partial charge in [-0.3, -0.25) is 4.79 Å². The molecule has 0 atom stereocenters. The van der Waals surface area contributed by atoms with E-state index in [2.05, 4.69) is 50.2 Å². The fourth-order valence-electron chi connectivity index (χ4n) is 4.20. The van der Waals surface area contributed by atoms with Crippen molar-refractivity contribution in [1.29, 1.82) is 0 Å². The van der Waals surface area contributed by atoms with Crippen LogP contribution in [0.5, 0.6) is 0 Å². The van der Waals surface area contributed by atoms with Crippen molar-refractivity contribution in [1.82, 2.24) is 20.0 Å². The number of anilines is 1. The molecule has 0 spiro atoms. The van der Waals surface area contributed by atoms with Gasteiger partial charge in [0.2, 0.25) is 0 Å². The largest absolute Gasteiger partial charge is 0.383 e. The van der Waals surface area contributed by atoms with Crippen molar-refractivity contribution in [2.24, 2.45) is 5.10 Å². The minimum absolute atomic E-state index is 0.0750. The molecule has 4 aromatic rings. The molecule has 4 rings (SSSR count). The summed E-state index contributed by atoms with van der Waals surface area (Å²) < 4.78 is 1.52. The third-order valence-corrected chi connectivity index (χ3v) is 6.37. The topological polar surface area (TPSA) is 98.2 Å². The molecule has 188 valence electrons. The molecule has 0 aliphatic carbocycles. The number of para-hydroxylation sites is 2. The zero-order chi connectivity index (χ0) is 25.7. The number of unbranched alkanes of at least 4 members (excludes halogenated alkanes) is 4. The number of rotatable bonds is 9. The molecule has 0 saturated carbocycles. The van der Waals surface area contributed by atoms with E-state index in [1.807, 2.05) is 36.4 Å². The van der Waals surface area contributed by atoms with Crippen LogP contribution in [0.1, 0.15) is 81.3 Å². The summed E-state index contributed by atoms with van der Waals surface area (Å²) in [6.07, 6.45) is 7.34. The van der Waals surface area contributed by atoms with Gasteiger partial charge in [-0.05, 0) is 35.1 Å². The van der Waals surface area contributed by atoms with Gasteiger partial charge in [-0.1, -0.05) is 89.8 Å². The Balaban J connectivity index is 1.68. The Hall–Kier alpha value is -3.74. The zero-order valence-corrected chi connectivity index (χ0v) is 21.7. The van der Waals surface area contributed by atoms with Crippen molar-refractivity contribution < 1.29 is 4.79 Å². The van der Waals surface area contributed by atoms with Crippen LogP contribution in [0.15, 0.2) is 53.6 Å². The molecular weight excluding hydrogens is 448 g/mol. The summed E-state index contributed by atoms with van der Waals surface area (Å²) in [5, 5.41) is 7.63. The molecule has 0 radical (unpaired) electrons. The Morgan fingerprint density at radius 1 is 1.00 bits per heavy atom. The fraction of sp³-hybridized carbons (Fsp3) is 0.379. The second-order valence-electron chi connectivity index (χ2n) is 10.2. The van der Waals surface area contributed by atoms with Gasteiger partial charge in [-0.25, -0.2) is 9.97 Å². The predicted molar refractivity (Wildman–Crippen MR) is 149 cm³/mol. The Morgan fingerprint density at radius 2 is 1.67 bits per heavy atom. The summed E-state index contributed by atoms with van der Waals surface area (Å²) in [4.78, 5) is 22.7.